The molecule has 1 aromatic rings. The van der Waals surface area contributed by atoms with E-state index >= 15 is 0 Å². The Bertz CT molecular complexity index is 353. The Hall–Kier alpha value is -0.830. The first-order valence-electron chi connectivity index (χ1n) is 6.63. The van der Waals surface area contributed by atoms with E-state index in [-0.39, 0.29) is 0 Å². The first kappa shape index (κ1) is 10.3. The van der Waals surface area contributed by atoms with Gasteiger partial charge in [-0.1, -0.05) is 11.6 Å². The van der Waals surface area contributed by atoms with Crippen molar-refractivity contribution in [2.24, 2.45) is 0 Å². The van der Waals surface area contributed by atoms with Gasteiger partial charge in [0, 0.05) is 18.0 Å². The van der Waals surface area contributed by atoms with Crippen molar-refractivity contribution < 1.29 is 4.52 Å². The van der Waals surface area contributed by atoms with Crippen molar-refractivity contribution >= 4 is 0 Å². The minimum absolute atomic E-state index is 0.572. The average Bonchev–Trinajstić information content (AvgIpc) is 2.60. The third-order valence-corrected chi connectivity index (χ3v) is 3.91. The quantitative estimate of drug-likeness (QED) is 0.739. The number of fused-ring (bicyclic) bond motifs is 1. The Labute approximate surface area is 96.6 Å². The van der Waals surface area contributed by atoms with E-state index < -0.39 is 0 Å². The van der Waals surface area contributed by atoms with E-state index in [1.54, 1.807) is 0 Å². The molecule has 88 valence electrons. The molecular weight excluding hydrogens is 200 g/mol. The maximum atomic E-state index is 5.62. The molecule has 1 aliphatic heterocycles. The molecule has 0 saturated carbocycles. The monoisotopic (exact) mass is 220 g/mol. The lowest BCUT2D eigenvalue weighted by molar-refractivity contribution is 0.323. The highest BCUT2D eigenvalue weighted by atomic mass is 16.5. The molecular formula is C13H20N2O. The normalized spacial score (nSPS) is 26.1. The number of hydrogen-bond donors (Lipinski definition) is 1. The number of nitrogens with zero attached hydrogens (tertiary/aromatic N) is 1. The second-order valence-electron chi connectivity index (χ2n) is 5.08. The number of aromatic nitrogens is 1. The van der Waals surface area contributed by atoms with Crippen LogP contribution in [-0.2, 0) is 12.8 Å². The number of piperidine rings is 1. The summed E-state index contributed by atoms with van der Waals surface area (Å²) in [5.41, 5.74) is 2.70. The van der Waals surface area contributed by atoms with E-state index in [4.69, 9.17) is 4.52 Å². The molecule has 3 rings (SSSR count). The fourth-order valence-corrected chi connectivity index (χ4v) is 2.99. The number of nitrogens with one attached hydrogen (secondary N) is 1. The second kappa shape index (κ2) is 4.58. The summed E-state index contributed by atoms with van der Waals surface area (Å²) in [4.78, 5) is 0. The summed E-state index contributed by atoms with van der Waals surface area (Å²) >= 11 is 0. The molecule has 0 aromatic carbocycles. The lowest BCUT2D eigenvalue weighted by atomic mass is 9.92. The molecule has 1 atom stereocenters. The molecule has 16 heavy (non-hydrogen) atoms. The molecule has 2 heterocycles. The van der Waals surface area contributed by atoms with Gasteiger partial charge in [-0.3, -0.25) is 0 Å². The van der Waals surface area contributed by atoms with Gasteiger partial charge >= 0.3 is 0 Å². The largest absolute Gasteiger partial charge is 0.360 e. The summed E-state index contributed by atoms with van der Waals surface area (Å²) in [7, 11) is 0. The van der Waals surface area contributed by atoms with Gasteiger partial charge in [-0.2, -0.15) is 0 Å². The van der Waals surface area contributed by atoms with Gasteiger partial charge in [0.1, 0.15) is 5.76 Å². The summed E-state index contributed by atoms with van der Waals surface area (Å²) < 4.78 is 5.62. The zero-order chi connectivity index (χ0) is 10.8. The number of hydrogen-bond acceptors (Lipinski definition) is 3. The van der Waals surface area contributed by atoms with Gasteiger partial charge in [0.05, 0.1) is 5.69 Å². The van der Waals surface area contributed by atoms with Crippen LogP contribution in [0.25, 0.3) is 0 Å². The van der Waals surface area contributed by atoms with Crippen molar-refractivity contribution in [3.63, 3.8) is 0 Å². The molecule has 0 bridgehead atoms. The summed E-state index contributed by atoms with van der Waals surface area (Å²) in [5.74, 6) is 1.77. The molecule has 1 aromatic heterocycles. The zero-order valence-corrected chi connectivity index (χ0v) is 9.80. The van der Waals surface area contributed by atoms with Gasteiger partial charge < -0.3 is 9.84 Å². The highest BCUT2D eigenvalue weighted by molar-refractivity contribution is 5.27. The van der Waals surface area contributed by atoms with Gasteiger partial charge in [0.15, 0.2) is 0 Å². The van der Waals surface area contributed by atoms with Crippen LogP contribution >= 0.6 is 0 Å². The third-order valence-electron chi connectivity index (χ3n) is 3.91. The van der Waals surface area contributed by atoms with Gasteiger partial charge in [-0.25, -0.2) is 0 Å². The molecule has 1 aliphatic carbocycles. The predicted octanol–water partition coefficient (Wildman–Crippen LogP) is 2.41. The van der Waals surface area contributed by atoms with E-state index in [0.717, 1.165) is 19.5 Å². The van der Waals surface area contributed by atoms with Crippen LogP contribution in [0.2, 0.25) is 0 Å². The predicted molar refractivity (Wildman–Crippen MR) is 62.6 cm³/mol. The molecule has 1 unspecified atom stereocenters. The minimum atomic E-state index is 0.572. The topological polar surface area (TPSA) is 38.1 Å². The summed E-state index contributed by atoms with van der Waals surface area (Å²) in [6.45, 7) is 2.23. The van der Waals surface area contributed by atoms with Crippen LogP contribution in [0.4, 0.5) is 0 Å². The van der Waals surface area contributed by atoms with Crippen LogP contribution in [0, 0.1) is 0 Å². The van der Waals surface area contributed by atoms with Crippen LogP contribution < -0.4 is 5.32 Å². The molecule has 3 nitrogen and oxygen atoms in total. The molecule has 3 heteroatoms. The number of rotatable bonds is 1. The van der Waals surface area contributed by atoms with Crippen LogP contribution in [0.5, 0.6) is 0 Å². The highest BCUT2D eigenvalue weighted by Crippen LogP contribution is 2.31. The first-order valence-corrected chi connectivity index (χ1v) is 6.63. The minimum Gasteiger partial charge on any atom is -0.360 e. The van der Waals surface area contributed by atoms with Crippen molar-refractivity contribution in [1.82, 2.24) is 10.5 Å². The summed E-state index contributed by atoms with van der Waals surface area (Å²) in [5, 5.41) is 7.75. The molecule has 1 saturated heterocycles. The summed E-state index contributed by atoms with van der Waals surface area (Å²) in [6, 6.07) is 0. The molecule has 0 amide bonds. The van der Waals surface area contributed by atoms with Crippen molar-refractivity contribution in [1.29, 1.82) is 0 Å². The van der Waals surface area contributed by atoms with E-state index in [1.807, 2.05) is 0 Å². The maximum absolute atomic E-state index is 5.62. The lowest BCUT2D eigenvalue weighted by Crippen LogP contribution is -2.28. The Balaban J connectivity index is 1.86. The van der Waals surface area contributed by atoms with Gasteiger partial charge in [-0.15, -0.1) is 0 Å². The molecule has 0 radical (unpaired) electrons. The maximum Gasteiger partial charge on any atom is 0.144 e. The van der Waals surface area contributed by atoms with Crippen LogP contribution in [0.3, 0.4) is 0 Å². The molecule has 1 N–H and O–H groups in total. The average molecular weight is 220 g/mol. The van der Waals surface area contributed by atoms with E-state index in [1.165, 1.54) is 55.5 Å². The summed E-state index contributed by atoms with van der Waals surface area (Å²) in [6.07, 6.45) is 8.76. The zero-order valence-electron chi connectivity index (χ0n) is 9.80. The van der Waals surface area contributed by atoms with Crippen LogP contribution in [0.1, 0.15) is 55.0 Å². The third kappa shape index (κ3) is 1.88. The fourth-order valence-electron chi connectivity index (χ4n) is 2.99. The van der Waals surface area contributed by atoms with Gasteiger partial charge in [0.2, 0.25) is 0 Å². The van der Waals surface area contributed by atoms with E-state index in [2.05, 4.69) is 10.5 Å². The lowest BCUT2D eigenvalue weighted by Gasteiger charge is -2.21. The Morgan fingerprint density at radius 1 is 1.12 bits per heavy atom. The Morgan fingerprint density at radius 2 is 2.06 bits per heavy atom. The standard InChI is InChI=1S/C13H20N2O/c1-2-6-11-12(7-3-1)15-16-13(11)10-5-4-8-14-9-10/h10,14H,1-9H2. The van der Waals surface area contributed by atoms with Crippen molar-refractivity contribution in [3.8, 4) is 0 Å². The SMILES string of the molecule is C1CCc2noc(C3CCCNC3)c2CC1. The van der Waals surface area contributed by atoms with Crippen molar-refractivity contribution in [2.75, 3.05) is 13.1 Å². The second-order valence-corrected chi connectivity index (χ2v) is 5.08. The highest BCUT2D eigenvalue weighted by Gasteiger charge is 2.25. The van der Waals surface area contributed by atoms with Crippen LogP contribution in [0.15, 0.2) is 4.52 Å². The van der Waals surface area contributed by atoms with E-state index in [9.17, 15) is 0 Å². The van der Waals surface area contributed by atoms with Gasteiger partial charge in [0.25, 0.3) is 0 Å². The van der Waals surface area contributed by atoms with E-state index in [0.29, 0.717) is 5.92 Å². The van der Waals surface area contributed by atoms with Crippen molar-refractivity contribution in [3.05, 3.63) is 17.0 Å². The molecule has 1 fully saturated rings. The molecule has 2 aliphatic rings. The van der Waals surface area contributed by atoms with Crippen molar-refractivity contribution in [2.45, 2.75) is 50.9 Å². The Morgan fingerprint density at radius 3 is 2.94 bits per heavy atom. The van der Waals surface area contributed by atoms with Gasteiger partial charge in [-0.05, 0) is 45.1 Å². The molecule has 0 spiro atoms. The first-order chi connectivity index (χ1) is 7.95. The fraction of sp³-hybridized carbons (Fsp3) is 0.769. The smallest absolute Gasteiger partial charge is 0.144 e. The van der Waals surface area contributed by atoms with Crippen LogP contribution in [-0.4, -0.2) is 18.2 Å². The Kier molecular flexibility index (Phi) is 2.96. The number of aryl methyl sites for hydroxylation is 1.